The number of carbonyl (C=O) groups is 1. The second-order valence-electron chi connectivity index (χ2n) is 3.94. The van der Waals surface area contributed by atoms with Crippen molar-refractivity contribution in [3.05, 3.63) is 11.4 Å². The van der Waals surface area contributed by atoms with Gasteiger partial charge in [-0.25, -0.2) is 4.68 Å². The Labute approximate surface area is 101 Å². The first kappa shape index (κ1) is 13.6. The third kappa shape index (κ3) is 3.26. The van der Waals surface area contributed by atoms with Crippen LogP contribution >= 0.6 is 0 Å². The van der Waals surface area contributed by atoms with Crippen LogP contribution in [0, 0.1) is 0 Å². The summed E-state index contributed by atoms with van der Waals surface area (Å²) in [5.41, 5.74) is 6.82. The number of rotatable bonds is 7. The van der Waals surface area contributed by atoms with Crippen molar-refractivity contribution >= 4 is 5.91 Å². The van der Waals surface area contributed by atoms with Crippen molar-refractivity contribution in [3.63, 3.8) is 0 Å². The molecule has 1 atom stereocenters. The molecule has 1 amide bonds. The summed E-state index contributed by atoms with van der Waals surface area (Å²) in [4.78, 5) is 10.9. The van der Waals surface area contributed by atoms with Crippen LogP contribution in [0.4, 0.5) is 0 Å². The molecule has 1 rings (SSSR count). The van der Waals surface area contributed by atoms with Crippen molar-refractivity contribution in [2.24, 2.45) is 5.73 Å². The van der Waals surface area contributed by atoms with Crippen molar-refractivity contribution in [2.75, 3.05) is 13.7 Å². The molecule has 0 aromatic carbocycles. The minimum absolute atomic E-state index is 0.145. The normalized spacial score (nSPS) is 12.6. The molecule has 6 nitrogen and oxygen atoms in total. The Kier molecular flexibility index (Phi) is 5.09. The molecule has 2 N–H and O–H groups in total. The van der Waals surface area contributed by atoms with Gasteiger partial charge in [0, 0.05) is 7.11 Å². The van der Waals surface area contributed by atoms with Crippen LogP contribution in [0.5, 0.6) is 0 Å². The summed E-state index contributed by atoms with van der Waals surface area (Å²) in [5, 5.41) is 8.14. The number of carbonyl (C=O) groups excluding carboxylic acids is 1. The number of primary amides is 1. The predicted octanol–water partition coefficient (Wildman–Crippen LogP) is 0.466. The highest BCUT2D eigenvalue weighted by Crippen LogP contribution is 2.16. The van der Waals surface area contributed by atoms with Crippen LogP contribution in [0.1, 0.15) is 37.7 Å². The Morgan fingerprint density at radius 3 is 2.71 bits per heavy atom. The molecular weight excluding hydrogens is 220 g/mol. The van der Waals surface area contributed by atoms with Crippen molar-refractivity contribution < 1.29 is 9.53 Å². The predicted molar refractivity (Wildman–Crippen MR) is 63.5 cm³/mol. The first-order valence-corrected chi connectivity index (χ1v) is 5.84. The molecule has 1 unspecified atom stereocenters. The third-order valence-electron chi connectivity index (χ3n) is 2.72. The quantitative estimate of drug-likeness (QED) is 0.750. The second-order valence-corrected chi connectivity index (χ2v) is 3.94. The lowest BCUT2D eigenvalue weighted by atomic mass is 10.1. The molecule has 0 aliphatic heterocycles. The van der Waals surface area contributed by atoms with E-state index in [4.69, 9.17) is 10.5 Å². The maximum atomic E-state index is 10.9. The fourth-order valence-corrected chi connectivity index (χ4v) is 1.86. The number of aromatic nitrogens is 3. The Morgan fingerprint density at radius 1 is 1.53 bits per heavy atom. The van der Waals surface area contributed by atoms with E-state index in [1.54, 1.807) is 7.11 Å². The molecular formula is C11H20N4O2. The smallest absolute Gasteiger partial charge is 0.223 e. The summed E-state index contributed by atoms with van der Waals surface area (Å²) < 4.78 is 7.01. The zero-order valence-electron chi connectivity index (χ0n) is 10.6. The fraction of sp³-hybridized carbons (Fsp3) is 0.727. The summed E-state index contributed by atoms with van der Waals surface area (Å²) >= 11 is 0. The molecule has 0 fully saturated rings. The van der Waals surface area contributed by atoms with Gasteiger partial charge in [0.15, 0.2) is 0 Å². The van der Waals surface area contributed by atoms with E-state index in [0.717, 1.165) is 18.5 Å². The van der Waals surface area contributed by atoms with Crippen LogP contribution in [0.25, 0.3) is 0 Å². The molecule has 6 heteroatoms. The van der Waals surface area contributed by atoms with E-state index in [1.807, 2.05) is 11.6 Å². The van der Waals surface area contributed by atoms with Crippen molar-refractivity contribution in [3.8, 4) is 0 Å². The number of amides is 1. The van der Waals surface area contributed by atoms with Gasteiger partial charge >= 0.3 is 0 Å². The van der Waals surface area contributed by atoms with Gasteiger partial charge in [-0.05, 0) is 12.8 Å². The summed E-state index contributed by atoms with van der Waals surface area (Å²) in [7, 11) is 1.66. The Morgan fingerprint density at radius 2 is 2.24 bits per heavy atom. The standard InChI is InChI=1S/C11H20N4O2/c1-4-8(7-17-3)15-10(5-2)9(13-14-15)6-11(12)16/h8H,4-7H2,1-3H3,(H2,12,16). The van der Waals surface area contributed by atoms with Gasteiger partial charge < -0.3 is 10.5 Å². The fourth-order valence-electron chi connectivity index (χ4n) is 1.86. The number of nitrogens with two attached hydrogens (primary N) is 1. The van der Waals surface area contributed by atoms with Gasteiger partial charge in [-0.15, -0.1) is 5.10 Å². The molecule has 0 bridgehead atoms. The number of methoxy groups -OCH3 is 1. The van der Waals surface area contributed by atoms with E-state index in [0.29, 0.717) is 12.3 Å². The Bertz CT molecular complexity index is 376. The molecule has 0 radical (unpaired) electrons. The molecule has 1 heterocycles. The van der Waals surface area contributed by atoms with Crippen molar-refractivity contribution in [2.45, 2.75) is 39.2 Å². The van der Waals surface area contributed by atoms with Gasteiger partial charge in [0.05, 0.1) is 30.5 Å². The molecule has 0 spiro atoms. The zero-order chi connectivity index (χ0) is 12.8. The third-order valence-corrected chi connectivity index (χ3v) is 2.72. The largest absolute Gasteiger partial charge is 0.382 e. The van der Waals surface area contributed by atoms with Crippen molar-refractivity contribution in [1.82, 2.24) is 15.0 Å². The van der Waals surface area contributed by atoms with E-state index in [2.05, 4.69) is 17.2 Å². The lowest BCUT2D eigenvalue weighted by molar-refractivity contribution is -0.117. The molecule has 0 aliphatic rings. The van der Waals surface area contributed by atoms with Crippen LogP contribution < -0.4 is 5.73 Å². The highest BCUT2D eigenvalue weighted by atomic mass is 16.5. The first-order valence-electron chi connectivity index (χ1n) is 5.84. The van der Waals surface area contributed by atoms with Gasteiger partial charge in [-0.3, -0.25) is 4.79 Å². The average molecular weight is 240 g/mol. The van der Waals surface area contributed by atoms with E-state index < -0.39 is 0 Å². The van der Waals surface area contributed by atoms with Gasteiger partial charge in [-0.1, -0.05) is 19.1 Å². The van der Waals surface area contributed by atoms with Gasteiger partial charge in [0.1, 0.15) is 0 Å². The van der Waals surface area contributed by atoms with Gasteiger partial charge in [0.2, 0.25) is 5.91 Å². The summed E-state index contributed by atoms with van der Waals surface area (Å²) in [6.07, 6.45) is 1.82. The maximum Gasteiger partial charge on any atom is 0.223 e. The zero-order valence-corrected chi connectivity index (χ0v) is 10.6. The first-order chi connectivity index (χ1) is 8.13. The molecule has 0 saturated heterocycles. The van der Waals surface area contributed by atoms with E-state index in [-0.39, 0.29) is 18.4 Å². The van der Waals surface area contributed by atoms with E-state index in [1.165, 1.54) is 0 Å². The Balaban J connectivity index is 2.99. The van der Waals surface area contributed by atoms with Crippen LogP contribution in [-0.4, -0.2) is 34.6 Å². The monoisotopic (exact) mass is 240 g/mol. The summed E-state index contributed by atoms with van der Waals surface area (Å²) in [5.74, 6) is -0.383. The number of nitrogens with zero attached hydrogens (tertiary/aromatic N) is 3. The van der Waals surface area contributed by atoms with Gasteiger partial charge in [-0.2, -0.15) is 0 Å². The van der Waals surface area contributed by atoms with E-state index in [9.17, 15) is 4.79 Å². The van der Waals surface area contributed by atoms with Crippen LogP contribution in [-0.2, 0) is 22.4 Å². The molecule has 0 saturated carbocycles. The topological polar surface area (TPSA) is 83.0 Å². The Hall–Kier alpha value is -1.43. The SMILES string of the molecule is CCc1c(CC(N)=O)nnn1C(CC)COC. The highest BCUT2D eigenvalue weighted by molar-refractivity contribution is 5.76. The molecule has 96 valence electrons. The molecule has 17 heavy (non-hydrogen) atoms. The van der Waals surface area contributed by atoms with Gasteiger partial charge in [0.25, 0.3) is 0 Å². The summed E-state index contributed by atoms with van der Waals surface area (Å²) in [6, 6.07) is 0.157. The lowest BCUT2D eigenvalue weighted by Crippen LogP contribution is -2.19. The van der Waals surface area contributed by atoms with Crippen LogP contribution in [0.2, 0.25) is 0 Å². The number of ether oxygens (including phenoxy) is 1. The average Bonchev–Trinajstić information content (AvgIpc) is 2.67. The maximum absolute atomic E-state index is 10.9. The lowest BCUT2D eigenvalue weighted by Gasteiger charge is -2.16. The minimum atomic E-state index is -0.383. The van der Waals surface area contributed by atoms with E-state index >= 15 is 0 Å². The molecule has 0 aliphatic carbocycles. The van der Waals surface area contributed by atoms with Crippen LogP contribution in [0.3, 0.4) is 0 Å². The molecule has 1 aromatic rings. The number of hydrogen-bond donors (Lipinski definition) is 1. The minimum Gasteiger partial charge on any atom is -0.382 e. The highest BCUT2D eigenvalue weighted by Gasteiger charge is 2.18. The van der Waals surface area contributed by atoms with Crippen molar-refractivity contribution in [1.29, 1.82) is 0 Å². The second kappa shape index (κ2) is 6.34. The molecule has 1 aromatic heterocycles. The summed E-state index contributed by atoms with van der Waals surface area (Å²) in [6.45, 7) is 4.67. The number of hydrogen-bond acceptors (Lipinski definition) is 4. The van der Waals surface area contributed by atoms with Crippen LogP contribution in [0.15, 0.2) is 0 Å².